The van der Waals surface area contributed by atoms with Crippen molar-refractivity contribution in [1.82, 2.24) is 0 Å². The third-order valence-corrected chi connectivity index (χ3v) is 4.23. The molecule has 3 nitrogen and oxygen atoms in total. The van der Waals surface area contributed by atoms with Gasteiger partial charge >= 0.3 is 0 Å². The Morgan fingerprint density at radius 3 is 2.35 bits per heavy atom. The molecule has 0 bridgehead atoms. The average molecular weight is 294 g/mol. The summed E-state index contributed by atoms with van der Waals surface area (Å²) in [5, 5.41) is 21.7. The first-order chi connectivity index (χ1) is 9.15. The molecule has 0 saturated heterocycles. The highest BCUT2D eigenvalue weighted by Crippen LogP contribution is 2.35. The van der Waals surface area contributed by atoms with Crippen LogP contribution in [0.1, 0.15) is 30.9 Å². The van der Waals surface area contributed by atoms with Crippen LogP contribution in [0.3, 0.4) is 0 Å². The summed E-state index contributed by atoms with van der Waals surface area (Å²) in [4.78, 5) is 0. The van der Waals surface area contributed by atoms with Gasteiger partial charge in [-0.05, 0) is 53.3 Å². The molecule has 0 aliphatic heterocycles. The second kappa shape index (κ2) is 6.00. The number of rotatable bonds is 3. The van der Waals surface area contributed by atoms with Crippen molar-refractivity contribution in [2.45, 2.75) is 31.4 Å². The molecule has 4 heteroatoms. The molecule has 1 fully saturated rings. The minimum atomic E-state index is -0.455. The van der Waals surface area contributed by atoms with E-state index in [9.17, 15) is 10.2 Å². The number of halogens is 1. The molecule has 2 aromatic carbocycles. The van der Waals surface area contributed by atoms with E-state index in [4.69, 9.17) is 5.73 Å². The summed E-state index contributed by atoms with van der Waals surface area (Å²) < 4.78 is 0. The Bertz CT molecular complexity index is 598. The molecule has 0 heterocycles. The predicted molar refractivity (Wildman–Crippen MR) is 83.1 cm³/mol. The van der Waals surface area contributed by atoms with Crippen LogP contribution < -0.4 is 5.73 Å². The van der Waals surface area contributed by atoms with Crippen molar-refractivity contribution < 1.29 is 10.2 Å². The third kappa shape index (κ3) is 2.75. The minimum absolute atomic E-state index is 0. The molecular formula is C16H20ClNO2. The summed E-state index contributed by atoms with van der Waals surface area (Å²) in [6, 6.07) is 10.8. The van der Waals surface area contributed by atoms with Crippen molar-refractivity contribution in [1.29, 1.82) is 0 Å². The molecule has 2 atom stereocenters. The van der Waals surface area contributed by atoms with Gasteiger partial charge in [0, 0.05) is 0 Å². The Labute approximate surface area is 124 Å². The molecule has 0 radical (unpaired) electrons. The van der Waals surface area contributed by atoms with Gasteiger partial charge < -0.3 is 15.9 Å². The van der Waals surface area contributed by atoms with Crippen LogP contribution in [-0.2, 0) is 0 Å². The van der Waals surface area contributed by atoms with E-state index in [2.05, 4.69) is 0 Å². The lowest BCUT2D eigenvalue weighted by molar-refractivity contribution is 0.0414. The van der Waals surface area contributed by atoms with Crippen molar-refractivity contribution in [2.24, 2.45) is 11.7 Å². The first-order valence-corrected chi connectivity index (χ1v) is 6.81. The van der Waals surface area contributed by atoms with Gasteiger partial charge in [-0.15, -0.1) is 12.4 Å². The lowest BCUT2D eigenvalue weighted by atomic mass is 9.77. The molecule has 0 aromatic heterocycles. The highest BCUT2D eigenvalue weighted by molar-refractivity contribution is 5.85. The molecular weight excluding hydrogens is 274 g/mol. The standard InChI is InChI=1S/C16H19NO2.ClH/c17-15(16(19)10-2-1-3-10)13-5-4-12-9-14(18)7-6-11(12)8-13;/h4-10,15-16,18-19H,1-3,17H2;1H/t15-,16+;/m1./s1. The van der Waals surface area contributed by atoms with Crippen LogP contribution in [0.4, 0.5) is 0 Å². The second-order valence-electron chi connectivity index (χ2n) is 5.50. The summed E-state index contributed by atoms with van der Waals surface area (Å²) in [5.74, 6) is 0.615. The van der Waals surface area contributed by atoms with Crippen LogP contribution in [0.15, 0.2) is 36.4 Å². The normalized spacial score (nSPS) is 18.1. The smallest absolute Gasteiger partial charge is 0.116 e. The Morgan fingerprint density at radius 1 is 1.05 bits per heavy atom. The van der Waals surface area contributed by atoms with Gasteiger partial charge in [-0.25, -0.2) is 0 Å². The van der Waals surface area contributed by atoms with E-state index in [1.54, 1.807) is 12.1 Å². The van der Waals surface area contributed by atoms with Gasteiger partial charge in [0.2, 0.25) is 0 Å². The maximum Gasteiger partial charge on any atom is 0.116 e. The van der Waals surface area contributed by atoms with Gasteiger partial charge in [0.05, 0.1) is 12.1 Å². The van der Waals surface area contributed by atoms with Crippen molar-refractivity contribution in [2.75, 3.05) is 0 Å². The molecule has 4 N–H and O–H groups in total. The number of hydrogen-bond donors (Lipinski definition) is 3. The Morgan fingerprint density at radius 2 is 1.70 bits per heavy atom. The van der Waals surface area contributed by atoms with E-state index in [0.717, 1.165) is 29.2 Å². The van der Waals surface area contributed by atoms with Gasteiger partial charge in [-0.2, -0.15) is 0 Å². The lowest BCUT2D eigenvalue weighted by Gasteiger charge is -2.33. The number of benzene rings is 2. The molecule has 3 rings (SSSR count). The zero-order valence-electron chi connectivity index (χ0n) is 11.2. The molecule has 108 valence electrons. The SMILES string of the molecule is Cl.N[C@H](c1ccc2cc(O)ccc2c1)[C@@H](O)C1CCC1. The topological polar surface area (TPSA) is 66.5 Å². The summed E-state index contributed by atoms with van der Waals surface area (Å²) >= 11 is 0. The molecule has 1 aliphatic rings. The summed E-state index contributed by atoms with van der Waals surface area (Å²) in [7, 11) is 0. The van der Waals surface area contributed by atoms with Crippen LogP contribution in [0.5, 0.6) is 5.75 Å². The number of nitrogens with two attached hydrogens (primary N) is 1. The highest BCUT2D eigenvalue weighted by atomic mass is 35.5. The average Bonchev–Trinajstić information content (AvgIpc) is 2.35. The van der Waals surface area contributed by atoms with Crippen LogP contribution in [0.25, 0.3) is 10.8 Å². The van der Waals surface area contributed by atoms with Crippen molar-refractivity contribution >= 4 is 23.2 Å². The first kappa shape index (κ1) is 15.1. The number of fused-ring (bicyclic) bond motifs is 1. The fourth-order valence-electron chi connectivity index (χ4n) is 2.73. The van der Waals surface area contributed by atoms with Crippen LogP contribution in [0.2, 0.25) is 0 Å². The fraction of sp³-hybridized carbons (Fsp3) is 0.375. The van der Waals surface area contributed by atoms with Gasteiger partial charge in [-0.3, -0.25) is 0 Å². The molecule has 1 aliphatic carbocycles. The predicted octanol–water partition coefficient (Wildman–Crippen LogP) is 3.13. The fourth-order valence-corrected chi connectivity index (χ4v) is 2.73. The van der Waals surface area contributed by atoms with E-state index in [1.165, 1.54) is 6.42 Å². The maximum absolute atomic E-state index is 10.2. The van der Waals surface area contributed by atoms with Gasteiger partial charge in [-0.1, -0.05) is 24.6 Å². The zero-order valence-corrected chi connectivity index (χ0v) is 12.0. The second-order valence-corrected chi connectivity index (χ2v) is 5.50. The molecule has 1 saturated carbocycles. The van der Waals surface area contributed by atoms with E-state index in [0.29, 0.717) is 5.92 Å². The zero-order chi connectivity index (χ0) is 13.4. The first-order valence-electron chi connectivity index (χ1n) is 6.81. The molecule has 0 unspecified atom stereocenters. The summed E-state index contributed by atoms with van der Waals surface area (Å²) in [5.41, 5.74) is 7.13. The molecule has 0 amide bonds. The number of phenolic OH excluding ortho intramolecular Hbond substituents is 1. The van der Waals surface area contributed by atoms with Gasteiger partial charge in [0.1, 0.15) is 5.75 Å². The molecule has 2 aromatic rings. The van der Waals surface area contributed by atoms with Crippen molar-refractivity contribution in [3.05, 3.63) is 42.0 Å². The molecule has 0 spiro atoms. The molecule has 20 heavy (non-hydrogen) atoms. The van der Waals surface area contributed by atoms with E-state index in [-0.39, 0.29) is 24.2 Å². The number of aliphatic hydroxyl groups is 1. The third-order valence-electron chi connectivity index (χ3n) is 4.23. The Kier molecular flexibility index (Phi) is 4.53. The number of aromatic hydroxyl groups is 1. The summed E-state index contributed by atoms with van der Waals surface area (Å²) in [6.45, 7) is 0. The quantitative estimate of drug-likeness (QED) is 0.814. The largest absolute Gasteiger partial charge is 0.508 e. The lowest BCUT2D eigenvalue weighted by Crippen LogP contribution is -2.36. The number of aliphatic hydroxyl groups excluding tert-OH is 1. The number of hydrogen-bond acceptors (Lipinski definition) is 3. The van der Waals surface area contributed by atoms with Gasteiger partial charge in [0.25, 0.3) is 0 Å². The Hall–Kier alpha value is -1.29. The van der Waals surface area contributed by atoms with Gasteiger partial charge in [0.15, 0.2) is 0 Å². The van der Waals surface area contributed by atoms with Crippen LogP contribution in [-0.4, -0.2) is 16.3 Å². The van der Waals surface area contributed by atoms with E-state index in [1.807, 2.05) is 24.3 Å². The summed E-state index contributed by atoms with van der Waals surface area (Å²) in [6.07, 6.45) is 2.90. The Balaban J connectivity index is 0.00000147. The van der Waals surface area contributed by atoms with E-state index < -0.39 is 6.10 Å². The highest BCUT2D eigenvalue weighted by Gasteiger charge is 2.30. The van der Waals surface area contributed by atoms with Crippen LogP contribution >= 0.6 is 12.4 Å². The maximum atomic E-state index is 10.2. The monoisotopic (exact) mass is 293 g/mol. The van der Waals surface area contributed by atoms with Crippen LogP contribution in [0, 0.1) is 5.92 Å². The van der Waals surface area contributed by atoms with E-state index >= 15 is 0 Å². The van der Waals surface area contributed by atoms with Crippen molar-refractivity contribution in [3.63, 3.8) is 0 Å². The van der Waals surface area contributed by atoms with Crippen molar-refractivity contribution in [3.8, 4) is 5.75 Å². The minimum Gasteiger partial charge on any atom is -0.508 e. The number of phenols is 1.